The highest BCUT2D eigenvalue weighted by molar-refractivity contribution is 9.11. The van der Waals surface area contributed by atoms with Crippen molar-refractivity contribution in [1.82, 2.24) is 4.98 Å². The van der Waals surface area contributed by atoms with E-state index in [-0.39, 0.29) is 5.41 Å². The van der Waals surface area contributed by atoms with Crippen molar-refractivity contribution in [2.45, 2.75) is 11.8 Å². The first-order valence-corrected chi connectivity index (χ1v) is 9.90. The minimum atomic E-state index is 0.00620. The van der Waals surface area contributed by atoms with Crippen LogP contribution < -0.4 is 0 Å². The molecule has 0 aliphatic rings. The Kier molecular flexibility index (Phi) is 6.26. The fourth-order valence-electron chi connectivity index (χ4n) is 2.15. The largest absolute Gasteiger partial charge is 0.263 e. The molecule has 0 saturated heterocycles. The number of nitrogens with zero attached hydrogens (tertiary/aromatic N) is 1. The summed E-state index contributed by atoms with van der Waals surface area (Å²) in [5.41, 5.74) is 2.53. The molecule has 1 nitrogen and oxygen atoms in total. The van der Waals surface area contributed by atoms with Gasteiger partial charge in [-0.05, 0) is 51.7 Å². The van der Waals surface area contributed by atoms with Crippen LogP contribution in [0.5, 0.6) is 0 Å². The van der Waals surface area contributed by atoms with E-state index in [1.807, 2.05) is 12.4 Å². The standard InChI is InChI=1S/C15H13Br4N/c16-9-15(10-17,12-2-1-3-13(18)5-12)6-11-4-14(19)8-20-7-11/h1-5,7-8H,6,9-10H2. The highest BCUT2D eigenvalue weighted by atomic mass is 79.9. The lowest BCUT2D eigenvalue weighted by atomic mass is 9.79. The summed E-state index contributed by atoms with van der Waals surface area (Å²) < 4.78 is 2.12. The van der Waals surface area contributed by atoms with E-state index in [1.54, 1.807) is 0 Å². The van der Waals surface area contributed by atoms with Crippen LogP contribution in [0, 0.1) is 0 Å². The Labute approximate surface area is 153 Å². The summed E-state index contributed by atoms with van der Waals surface area (Å²) in [6.45, 7) is 0. The summed E-state index contributed by atoms with van der Waals surface area (Å²) in [7, 11) is 0. The lowest BCUT2D eigenvalue weighted by Crippen LogP contribution is -2.33. The number of pyridine rings is 1. The van der Waals surface area contributed by atoms with Gasteiger partial charge in [0.1, 0.15) is 0 Å². The third-order valence-corrected chi connectivity index (χ3v) is 6.33. The van der Waals surface area contributed by atoms with Gasteiger partial charge in [0.15, 0.2) is 0 Å². The van der Waals surface area contributed by atoms with Crippen molar-refractivity contribution in [1.29, 1.82) is 0 Å². The average molecular weight is 527 g/mol. The molecule has 5 heteroatoms. The molecule has 106 valence electrons. The van der Waals surface area contributed by atoms with E-state index in [0.717, 1.165) is 26.0 Å². The zero-order chi connectivity index (χ0) is 14.6. The molecule has 0 atom stereocenters. The first kappa shape index (κ1) is 16.7. The van der Waals surface area contributed by atoms with Gasteiger partial charge in [0.25, 0.3) is 0 Å². The number of aromatic nitrogens is 1. The second-order valence-corrected chi connectivity index (χ2v) is 7.70. The van der Waals surface area contributed by atoms with E-state index in [2.05, 4.69) is 99.0 Å². The van der Waals surface area contributed by atoms with E-state index < -0.39 is 0 Å². The summed E-state index contributed by atoms with van der Waals surface area (Å²) in [5.74, 6) is 0. The minimum Gasteiger partial charge on any atom is -0.263 e. The molecule has 0 radical (unpaired) electrons. The molecule has 0 spiro atoms. The third kappa shape index (κ3) is 3.93. The number of benzene rings is 1. The van der Waals surface area contributed by atoms with Crippen LogP contribution >= 0.6 is 63.7 Å². The van der Waals surface area contributed by atoms with Crippen molar-refractivity contribution in [3.05, 3.63) is 62.8 Å². The van der Waals surface area contributed by atoms with Crippen molar-refractivity contribution in [3.63, 3.8) is 0 Å². The smallest absolute Gasteiger partial charge is 0.0410 e. The Bertz CT molecular complexity index is 582. The molecule has 0 fully saturated rings. The molecule has 1 aromatic carbocycles. The van der Waals surface area contributed by atoms with E-state index in [0.29, 0.717) is 0 Å². The van der Waals surface area contributed by atoms with Crippen LogP contribution in [0.25, 0.3) is 0 Å². The van der Waals surface area contributed by atoms with Crippen molar-refractivity contribution in [2.24, 2.45) is 0 Å². The maximum absolute atomic E-state index is 4.26. The Balaban J connectivity index is 2.39. The number of hydrogen-bond donors (Lipinski definition) is 0. The summed E-state index contributed by atoms with van der Waals surface area (Å²) in [4.78, 5) is 4.26. The third-order valence-electron chi connectivity index (χ3n) is 3.25. The van der Waals surface area contributed by atoms with Crippen molar-refractivity contribution in [2.75, 3.05) is 10.7 Å². The zero-order valence-corrected chi connectivity index (χ0v) is 17.0. The Hall–Kier alpha value is 0.290. The van der Waals surface area contributed by atoms with Gasteiger partial charge in [-0.2, -0.15) is 0 Å². The molecule has 0 aliphatic carbocycles. The summed E-state index contributed by atoms with van der Waals surface area (Å²) in [6, 6.07) is 10.6. The number of halogens is 4. The summed E-state index contributed by atoms with van der Waals surface area (Å²) >= 11 is 14.4. The van der Waals surface area contributed by atoms with Crippen LogP contribution in [0.15, 0.2) is 51.7 Å². The summed E-state index contributed by atoms with van der Waals surface area (Å²) in [5, 5.41) is 1.77. The lowest BCUT2D eigenvalue weighted by molar-refractivity contribution is 0.549. The molecule has 2 aromatic rings. The Morgan fingerprint density at radius 2 is 1.70 bits per heavy atom. The number of alkyl halides is 2. The van der Waals surface area contributed by atoms with Gasteiger partial charge in [0, 0.05) is 37.4 Å². The normalized spacial score (nSPS) is 11.6. The second kappa shape index (κ2) is 7.52. The Morgan fingerprint density at radius 1 is 0.950 bits per heavy atom. The first-order valence-electron chi connectivity index (χ1n) is 6.07. The maximum atomic E-state index is 4.26. The topological polar surface area (TPSA) is 12.9 Å². The highest BCUT2D eigenvalue weighted by Crippen LogP contribution is 2.34. The zero-order valence-electron chi connectivity index (χ0n) is 10.6. The van der Waals surface area contributed by atoms with Gasteiger partial charge >= 0.3 is 0 Å². The highest BCUT2D eigenvalue weighted by Gasteiger charge is 2.30. The fourth-order valence-corrected chi connectivity index (χ4v) is 4.93. The second-order valence-electron chi connectivity index (χ2n) is 4.75. The average Bonchev–Trinajstić information content (AvgIpc) is 2.45. The SMILES string of the molecule is BrCC(CBr)(Cc1cncc(Br)c1)c1cccc(Br)c1. The van der Waals surface area contributed by atoms with Gasteiger partial charge in [0.05, 0.1) is 0 Å². The van der Waals surface area contributed by atoms with Crippen LogP contribution in [0.3, 0.4) is 0 Å². The van der Waals surface area contributed by atoms with Crippen LogP contribution in [0.2, 0.25) is 0 Å². The molecule has 0 aliphatic heterocycles. The molecule has 2 rings (SSSR count). The molecule has 1 aromatic heterocycles. The molecule has 0 amide bonds. The lowest BCUT2D eigenvalue weighted by Gasteiger charge is -2.31. The maximum Gasteiger partial charge on any atom is 0.0410 e. The van der Waals surface area contributed by atoms with E-state index in [9.17, 15) is 0 Å². The molecule has 20 heavy (non-hydrogen) atoms. The van der Waals surface area contributed by atoms with Crippen LogP contribution in [0.4, 0.5) is 0 Å². The van der Waals surface area contributed by atoms with E-state index >= 15 is 0 Å². The van der Waals surface area contributed by atoms with Gasteiger partial charge < -0.3 is 0 Å². The van der Waals surface area contributed by atoms with Crippen LogP contribution in [-0.4, -0.2) is 15.6 Å². The molecular weight excluding hydrogens is 514 g/mol. The summed E-state index contributed by atoms with van der Waals surface area (Å²) in [6.07, 6.45) is 4.67. The van der Waals surface area contributed by atoms with Crippen molar-refractivity contribution >= 4 is 63.7 Å². The molecule has 1 heterocycles. The quantitative estimate of drug-likeness (QED) is 0.444. The van der Waals surface area contributed by atoms with E-state index in [1.165, 1.54) is 11.1 Å². The molecule has 0 N–H and O–H groups in total. The van der Waals surface area contributed by atoms with Crippen LogP contribution in [-0.2, 0) is 11.8 Å². The predicted molar refractivity (Wildman–Crippen MR) is 99.0 cm³/mol. The molecule has 0 saturated carbocycles. The first-order chi connectivity index (χ1) is 9.59. The van der Waals surface area contributed by atoms with Gasteiger partial charge in [-0.25, -0.2) is 0 Å². The molecular formula is C15H13Br4N. The predicted octanol–water partition coefficient (Wildman–Crippen LogP) is 5.88. The Morgan fingerprint density at radius 3 is 2.30 bits per heavy atom. The van der Waals surface area contributed by atoms with Gasteiger partial charge in [0.2, 0.25) is 0 Å². The number of hydrogen-bond acceptors (Lipinski definition) is 1. The fraction of sp³-hybridized carbons (Fsp3) is 0.267. The monoisotopic (exact) mass is 523 g/mol. The molecule has 0 unspecified atom stereocenters. The molecule has 0 bridgehead atoms. The van der Waals surface area contributed by atoms with E-state index in [4.69, 9.17) is 0 Å². The van der Waals surface area contributed by atoms with Crippen LogP contribution in [0.1, 0.15) is 11.1 Å². The minimum absolute atomic E-state index is 0.00620. The van der Waals surface area contributed by atoms with Crippen molar-refractivity contribution in [3.8, 4) is 0 Å². The number of rotatable bonds is 5. The van der Waals surface area contributed by atoms with Crippen molar-refractivity contribution < 1.29 is 0 Å². The van der Waals surface area contributed by atoms with Gasteiger partial charge in [-0.3, -0.25) is 4.98 Å². The van der Waals surface area contributed by atoms with Gasteiger partial charge in [-0.15, -0.1) is 0 Å². The van der Waals surface area contributed by atoms with Gasteiger partial charge in [-0.1, -0.05) is 59.9 Å².